The summed E-state index contributed by atoms with van der Waals surface area (Å²) in [5.74, 6) is 5.98. The van der Waals surface area contributed by atoms with Gasteiger partial charge in [-0.1, -0.05) is 6.58 Å². The van der Waals surface area contributed by atoms with Crippen molar-refractivity contribution in [1.29, 1.82) is 0 Å². The van der Waals surface area contributed by atoms with Crippen LogP contribution in [0, 0.1) is 29.6 Å². The summed E-state index contributed by atoms with van der Waals surface area (Å²) in [7, 11) is 2.32. The molecule has 0 aromatic heterocycles. The van der Waals surface area contributed by atoms with E-state index < -0.39 is 17.4 Å². The Hall–Kier alpha value is -2.53. The van der Waals surface area contributed by atoms with Crippen LogP contribution in [-0.2, 0) is 23.9 Å². The van der Waals surface area contributed by atoms with Crippen LogP contribution in [0.3, 0.4) is 0 Å². The summed E-state index contributed by atoms with van der Waals surface area (Å²) in [6.07, 6.45) is 6.67. The van der Waals surface area contributed by atoms with E-state index in [0.29, 0.717) is 6.42 Å². The Bertz CT molecular complexity index is 497. The first-order valence-corrected chi connectivity index (χ1v) is 6.19. The fraction of sp³-hybridized carbons (Fsp3) is 0.438. The first-order valence-electron chi connectivity index (χ1n) is 6.19. The van der Waals surface area contributed by atoms with Gasteiger partial charge < -0.3 is 9.47 Å². The van der Waals surface area contributed by atoms with Gasteiger partial charge in [-0.2, -0.15) is 0 Å². The van der Waals surface area contributed by atoms with E-state index in [-0.39, 0.29) is 25.0 Å². The zero-order valence-electron chi connectivity index (χ0n) is 12.2. The smallest absolute Gasteiger partial charge is 0.325 e. The van der Waals surface area contributed by atoms with Crippen molar-refractivity contribution < 1.29 is 23.9 Å². The van der Waals surface area contributed by atoms with E-state index in [4.69, 9.17) is 6.42 Å². The highest BCUT2D eigenvalue weighted by Gasteiger charge is 2.47. The lowest BCUT2D eigenvalue weighted by atomic mass is 9.81. The summed E-state index contributed by atoms with van der Waals surface area (Å²) in [6, 6.07) is 0. The average Bonchev–Trinajstić information content (AvgIpc) is 2.51. The lowest BCUT2D eigenvalue weighted by Gasteiger charge is -2.23. The Kier molecular flexibility index (Phi) is 8.26. The molecule has 0 radical (unpaired) electrons. The average molecular weight is 290 g/mol. The van der Waals surface area contributed by atoms with Gasteiger partial charge in [0.1, 0.15) is 0 Å². The molecule has 0 bridgehead atoms. The summed E-state index contributed by atoms with van der Waals surface area (Å²) >= 11 is 0. The molecule has 21 heavy (non-hydrogen) atoms. The number of carbonyl (C=O) groups excluding carboxylic acids is 3. The molecule has 0 aromatic carbocycles. The molecule has 0 rings (SSSR count). The van der Waals surface area contributed by atoms with E-state index in [0.717, 1.165) is 14.2 Å². The second-order valence-corrected chi connectivity index (χ2v) is 4.15. The minimum Gasteiger partial charge on any atom is -0.468 e. The predicted molar refractivity (Wildman–Crippen MR) is 76.7 cm³/mol. The molecular formula is C16H18O5. The SMILES string of the molecule is C#CCC(CC#CCCC(=O)C=C)(C(=O)OC)C(=O)OC. The summed E-state index contributed by atoms with van der Waals surface area (Å²) in [5.41, 5.74) is -1.63. The lowest BCUT2D eigenvalue weighted by molar-refractivity contribution is -0.168. The predicted octanol–water partition coefficient (Wildman–Crippen LogP) is 1.27. The molecule has 0 fully saturated rings. The monoisotopic (exact) mass is 290 g/mol. The largest absolute Gasteiger partial charge is 0.468 e. The van der Waals surface area contributed by atoms with Gasteiger partial charge in [0.2, 0.25) is 0 Å². The minimum atomic E-state index is -1.63. The number of ketones is 1. The topological polar surface area (TPSA) is 69.7 Å². The van der Waals surface area contributed by atoms with Gasteiger partial charge in [-0.3, -0.25) is 14.4 Å². The van der Waals surface area contributed by atoms with Crippen molar-refractivity contribution in [1.82, 2.24) is 0 Å². The highest BCUT2D eigenvalue weighted by Crippen LogP contribution is 2.29. The number of terminal acetylenes is 1. The van der Waals surface area contributed by atoms with Crippen LogP contribution in [0.4, 0.5) is 0 Å². The second-order valence-electron chi connectivity index (χ2n) is 4.15. The number of ether oxygens (including phenoxy) is 2. The van der Waals surface area contributed by atoms with Crippen molar-refractivity contribution in [3.63, 3.8) is 0 Å². The molecule has 0 amide bonds. The number of allylic oxidation sites excluding steroid dienone is 1. The maximum Gasteiger partial charge on any atom is 0.325 e. The fourth-order valence-electron chi connectivity index (χ4n) is 1.59. The van der Waals surface area contributed by atoms with E-state index in [1.165, 1.54) is 6.08 Å². The Morgan fingerprint density at radius 1 is 1.14 bits per heavy atom. The highest BCUT2D eigenvalue weighted by atomic mass is 16.5. The Balaban J connectivity index is 5.07. The van der Waals surface area contributed by atoms with Gasteiger partial charge in [0.25, 0.3) is 0 Å². The Labute approximate surface area is 124 Å². The molecular weight excluding hydrogens is 272 g/mol. The number of carbonyl (C=O) groups is 3. The van der Waals surface area contributed by atoms with Crippen LogP contribution in [-0.4, -0.2) is 31.9 Å². The maximum atomic E-state index is 11.9. The zero-order chi connectivity index (χ0) is 16.3. The van der Waals surface area contributed by atoms with Gasteiger partial charge in [-0.05, 0) is 6.08 Å². The standard InChI is InChI=1S/C16H18O5/c1-5-11-16(14(18)20-3,15(19)21-4)12-9-7-8-10-13(17)6-2/h1,6H,2,8,10-12H2,3-4H3. The van der Waals surface area contributed by atoms with Crippen LogP contribution in [0.1, 0.15) is 25.7 Å². The van der Waals surface area contributed by atoms with E-state index in [1.54, 1.807) is 0 Å². The first-order chi connectivity index (χ1) is 9.98. The third kappa shape index (κ3) is 5.16. The van der Waals surface area contributed by atoms with Gasteiger partial charge in [0, 0.05) is 25.7 Å². The van der Waals surface area contributed by atoms with Crippen molar-refractivity contribution in [2.75, 3.05) is 14.2 Å². The van der Waals surface area contributed by atoms with E-state index in [9.17, 15) is 14.4 Å². The molecule has 0 unspecified atom stereocenters. The van der Waals surface area contributed by atoms with Crippen LogP contribution >= 0.6 is 0 Å². The summed E-state index contributed by atoms with van der Waals surface area (Å²) in [5, 5.41) is 0. The number of methoxy groups -OCH3 is 2. The Morgan fingerprint density at radius 2 is 1.71 bits per heavy atom. The van der Waals surface area contributed by atoms with Gasteiger partial charge in [-0.25, -0.2) is 0 Å². The molecule has 0 heterocycles. The molecule has 0 saturated carbocycles. The number of rotatable bonds is 7. The van der Waals surface area contributed by atoms with Gasteiger partial charge >= 0.3 is 11.9 Å². The minimum absolute atomic E-state index is 0.125. The quantitative estimate of drug-likeness (QED) is 0.306. The molecule has 0 aromatic rings. The summed E-state index contributed by atoms with van der Waals surface area (Å²) < 4.78 is 9.27. The fourth-order valence-corrected chi connectivity index (χ4v) is 1.59. The van der Waals surface area contributed by atoms with Gasteiger partial charge in [0.15, 0.2) is 11.2 Å². The molecule has 0 atom stereocenters. The molecule has 0 saturated heterocycles. The number of hydrogen-bond donors (Lipinski definition) is 0. The molecule has 112 valence electrons. The van der Waals surface area contributed by atoms with Crippen molar-refractivity contribution in [2.24, 2.45) is 5.41 Å². The molecule has 0 N–H and O–H groups in total. The van der Waals surface area contributed by atoms with Crippen molar-refractivity contribution in [2.45, 2.75) is 25.7 Å². The number of hydrogen-bond acceptors (Lipinski definition) is 5. The van der Waals surface area contributed by atoms with E-state index in [2.05, 4.69) is 33.8 Å². The van der Waals surface area contributed by atoms with E-state index in [1.807, 2.05) is 0 Å². The molecule has 0 spiro atoms. The summed E-state index contributed by atoms with van der Waals surface area (Å²) in [6.45, 7) is 3.35. The van der Waals surface area contributed by atoms with Gasteiger partial charge in [-0.15, -0.1) is 24.2 Å². The first kappa shape index (κ1) is 18.5. The number of esters is 2. The van der Waals surface area contributed by atoms with Crippen LogP contribution in [0.2, 0.25) is 0 Å². The summed E-state index contributed by atoms with van der Waals surface area (Å²) in [4.78, 5) is 34.8. The van der Waals surface area contributed by atoms with Crippen LogP contribution in [0.25, 0.3) is 0 Å². The van der Waals surface area contributed by atoms with Crippen molar-refractivity contribution in [3.05, 3.63) is 12.7 Å². The van der Waals surface area contributed by atoms with Crippen molar-refractivity contribution >= 4 is 17.7 Å². The maximum absolute atomic E-state index is 11.9. The third-order valence-corrected chi connectivity index (χ3v) is 2.80. The molecule has 0 aliphatic heterocycles. The normalized spacial score (nSPS) is 9.57. The van der Waals surface area contributed by atoms with Gasteiger partial charge in [0.05, 0.1) is 14.2 Å². The Morgan fingerprint density at radius 3 is 2.14 bits per heavy atom. The van der Waals surface area contributed by atoms with Crippen LogP contribution in [0.15, 0.2) is 12.7 Å². The molecule has 0 aliphatic carbocycles. The van der Waals surface area contributed by atoms with Crippen LogP contribution in [0.5, 0.6) is 0 Å². The van der Waals surface area contributed by atoms with E-state index >= 15 is 0 Å². The lowest BCUT2D eigenvalue weighted by Crippen LogP contribution is -2.40. The zero-order valence-corrected chi connectivity index (χ0v) is 12.2. The molecule has 5 nitrogen and oxygen atoms in total. The molecule has 5 heteroatoms. The third-order valence-electron chi connectivity index (χ3n) is 2.80. The van der Waals surface area contributed by atoms with Crippen molar-refractivity contribution in [3.8, 4) is 24.2 Å². The second kappa shape index (κ2) is 9.39. The molecule has 0 aliphatic rings. The van der Waals surface area contributed by atoms with Crippen LogP contribution < -0.4 is 0 Å². The highest BCUT2D eigenvalue weighted by molar-refractivity contribution is 6.00.